The summed E-state index contributed by atoms with van der Waals surface area (Å²) in [7, 11) is 0. The SMILES string of the molecule is CCCCCCCCCCCCCCCCCCCCCCCCCC(=O)NC(CNC1CC=CC(O)C(O)C1O)C(O)CC(O)CC. The number of carbonyl (C=O) groups is 1. The van der Waals surface area contributed by atoms with E-state index in [4.69, 9.17) is 0 Å². The summed E-state index contributed by atoms with van der Waals surface area (Å²) in [6, 6.07) is -1.19. The lowest BCUT2D eigenvalue weighted by molar-refractivity contribution is -0.123. The minimum atomic E-state index is -1.32. The van der Waals surface area contributed by atoms with E-state index in [0.717, 1.165) is 19.3 Å². The van der Waals surface area contributed by atoms with E-state index in [9.17, 15) is 30.3 Å². The van der Waals surface area contributed by atoms with E-state index in [1.165, 1.54) is 134 Å². The smallest absolute Gasteiger partial charge is 0.220 e. The van der Waals surface area contributed by atoms with Gasteiger partial charge in [-0.15, -0.1) is 0 Å². The Labute approximate surface area is 295 Å². The second-order valence-electron chi connectivity index (χ2n) is 14.7. The minimum Gasteiger partial charge on any atom is -0.393 e. The van der Waals surface area contributed by atoms with Crippen LogP contribution in [0.3, 0.4) is 0 Å². The number of carbonyl (C=O) groups excluding carboxylic acids is 1. The molecule has 0 saturated carbocycles. The molecule has 1 amide bonds. The predicted molar refractivity (Wildman–Crippen MR) is 199 cm³/mol. The van der Waals surface area contributed by atoms with Crippen molar-refractivity contribution in [2.45, 2.75) is 230 Å². The minimum absolute atomic E-state index is 0.132. The number of aliphatic hydroxyl groups excluding tert-OH is 5. The maximum Gasteiger partial charge on any atom is 0.220 e. The molecule has 1 rings (SSSR count). The Bertz CT molecular complexity index is 768. The van der Waals surface area contributed by atoms with Gasteiger partial charge in [-0.1, -0.05) is 167 Å². The third-order valence-corrected chi connectivity index (χ3v) is 10.2. The Morgan fingerprint density at radius 2 is 1.10 bits per heavy atom. The van der Waals surface area contributed by atoms with Crippen LogP contribution >= 0.6 is 0 Å². The highest BCUT2D eigenvalue weighted by Crippen LogP contribution is 2.17. The zero-order chi connectivity index (χ0) is 35.2. The van der Waals surface area contributed by atoms with Gasteiger partial charge in [0, 0.05) is 25.4 Å². The molecule has 1 aliphatic carbocycles. The topological polar surface area (TPSA) is 142 Å². The van der Waals surface area contributed by atoms with Gasteiger partial charge in [-0.3, -0.25) is 4.79 Å². The van der Waals surface area contributed by atoms with Gasteiger partial charge in [-0.25, -0.2) is 0 Å². The molecule has 1 aliphatic rings. The summed E-state index contributed by atoms with van der Waals surface area (Å²) >= 11 is 0. The number of rotatable bonds is 32. The average Bonchev–Trinajstić information content (AvgIpc) is 3.19. The van der Waals surface area contributed by atoms with Gasteiger partial charge in [0.15, 0.2) is 0 Å². The number of aliphatic hydroxyl groups is 5. The summed E-state index contributed by atoms with van der Waals surface area (Å²) in [5.74, 6) is -0.132. The molecule has 7 N–H and O–H groups in total. The number of unbranched alkanes of at least 4 members (excludes halogenated alkanes) is 22. The van der Waals surface area contributed by atoms with Crippen molar-refractivity contribution in [3.05, 3.63) is 12.2 Å². The molecule has 0 saturated heterocycles. The Morgan fingerprint density at radius 1 is 0.667 bits per heavy atom. The number of nitrogens with one attached hydrogen (secondary N) is 2. The van der Waals surface area contributed by atoms with Crippen LogP contribution in [0.15, 0.2) is 12.2 Å². The van der Waals surface area contributed by atoms with E-state index >= 15 is 0 Å². The van der Waals surface area contributed by atoms with Gasteiger partial charge in [0.1, 0.15) is 12.2 Å². The third kappa shape index (κ3) is 23.4. The standard InChI is InChI=1S/C40H78N2O6/c1-3-5-6-7-8-9-10-11-12-13-14-15-16-17-18-19-20-21-22-23-24-25-26-30-38(46)42-35(37(45)31-33(43)4-2)32-41-34-28-27-29-36(44)40(48)39(34)47/h27,29,33-37,39-41,43-45,47-48H,3-26,28,30-32H2,1-2H3,(H,42,46). The van der Waals surface area contributed by atoms with E-state index < -0.39 is 42.6 Å². The molecule has 0 radical (unpaired) electrons. The van der Waals surface area contributed by atoms with Crippen LogP contribution in [-0.4, -0.2) is 80.6 Å². The van der Waals surface area contributed by atoms with Crippen molar-refractivity contribution in [3.63, 3.8) is 0 Å². The third-order valence-electron chi connectivity index (χ3n) is 10.2. The summed E-state index contributed by atoms with van der Waals surface area (Å²) in [6.45, 7) is 4.29. The lowest BCUT2D eigenvalue weighted by Crippen LogP contribution is -2.55. The number of hydrogen-bond donors (Lipinski definition) is 7. The first kappa shape index (κ1) is 45.0. The van der Waals surface area contributed by atoms with Crippen LogP contribution in [0.4, 0.5) is 0 Å². The largest absolute Gasteiger partial charge is 0.393 e. The van der Waals surface area contributed by atoms with Crippen molar-refractivity contribution in [2.24, 2.45) is 0 Å². The Balaban J connectivity index is 2.06. The fraction of sp³-hybridized carbons (Fsp3) is 0.925. The number of hydrogen-bond acceptors (Lipinski definition) is 7. The summed E-state index contributed by atoms with van der Waals surface area (Å²) in [5, 5.41) is 57.4. The molecule has 0 bridgehead atoms. The molecule has 0 aromatic rings. The molecule has 0 aromatic carbocycles. The van der Waals surface area contributed by atoms with Crippen LogP contribution in [0.5, 0.6) is 0 Å². The van der Waals surface area contributed by atoms with E-state index in [0.29, 0.717) is 19.3 Å². The average molecular weight is 683 g/mol. The van der Waals surface area contributed by atoms with Gasteiger partial charge < -0.3 is 36.2 Å². The Morgan fingerprint density at radius 3 is 1.54 bits per heavy atom. The van der Waals surface area contributed by atoms with E-state index in [1.807, 2.05) is 6.92 Å². The summed E-state index contributed by atoms with van der Waals surface area (Å²) in [6.07, 6.45) is 29.9. The molecule has 7 atom stereocenters. The zero-order valence-electron chi connectivity index (χ0n) is 31.1. The Hall–Kier alpha value is -1.03. The van der Waals surface area contributed by atoms with Crippen molar-refractivity contribution in [3.8, 4) is 0 Å². The molecular weight excluding hydrogens is 604 g/mol. The molecule has 0 spiro atoms. The van der Waals surface area contributed by atoms with Crippen LogP contribution in [0.2, 0.25) is 0 Å². The van der Waals surface area contributed by atoms with Crippen LogP contribution in [0.25, 0.3) is 0 Å². The predicted octanol–water partition coefficient (Wildman–Crippen LogP) is 7.38. The van der Waals surface area contributed by atoms with E-state index in [2.05, 4.69) is 17.6 Å². The van der Waals surface area contributed by atoms with Gasteiger partial charge >= 0.3 is 0 Å². The second-order valence-corrected chi connectivity index (χ2v) is 14.7. The maximum absolute atomic E-state index is 12.7. The Kier molecular flexibility index (Phi) is 28.8. The molecule has 8 heteroatoms. The van der Waals surface area contributed by atoms with Gasteiger partial charge in [-0.05, 0) is 19.3 Å². The van der Waals surface area contributed by atoms with Crippen LogP contribution in [0.1, 0.15) is 187 Å². The van der Waals surface area contributed by atoms with Gasteiger partial charge in [0.25, 0.3) is 0 Å². The highest BCUT2D eigenvalue weighted by Gasteiger charge is 2.33. The van der Waals surface area contributed by atoms with Gasteiger partial charge in [0.2, 0.25) is 5.91 Å². The molecule has 0 fully saturated rings. The molecule has 0 aliphatic heterocycles. The molecular formula is C40H78N2O6. The normalized spacial score (nSPS) is 21.6. The number of amides is 1. The first-order valence-corrected chi connectivity index (χ1v) is 20.4. The molecule has 0 aromatic heterocycles. The van der Waals surface area contributed by atoms with Crippen molar-refractivity contribution < 1.29 is 30.3 Å². The second kappa shape index (κ2) is 30.8. The first-order valence-electron chi connectivity index (χ1n) is 20.4. The lowest BCUT2D eigenvalue weighted by Gasteiger charge is -2.31. The summed E-state index contributed by atoms with van der Waals surface area (Å²) in [5.41, 5.74) is 0. The lowest BCUT2D eigenvalue weighted by atomic mass is 9.99. The van der Waals surface area contributed by atoms with Gasteiger partial charge in [0.05, 0.1) is 24.4 Å². The molecule has 7 unspecified atom stereocenters. The van der Waals surface area contributed by atoms with Crippen molar-refractivity contribution >= 4 is 5.91 Å². The fourth-order valence-electron chi connectivity index (χ4n) is 6.78. The fourth-order valence-corrected chi connectivity index (χ4v) is 6.78. The van der Waals surface area contributed by atoms with Gasteiger partial charge in [-0.2, -0.15) is 0 Å². The maximum atomic E-state index is 12.7. The summed E-state index contributed by atoms with van der Waals surface area (Å²) < 4.78 is 0. The quantitative estimate of drug-likeness (QED) is 0.0290. The van der Waals surface area contributed by atoms with E-state index in [-0.39, 0.29) is 18.9 Å². The van der Waals surface area contributed by atoms with Crippen molar-refractivity contribution in [1.29, 1.82) is 0 Å². The van der Waals surface area contributed by atoms with Crippen LogP contribution in [-0.2, 0) is 4.79 Å². The highest BCUT2D eigenvalue weighted by atomic mass is 16.4. The van der Waals surface area contributed by atoms with Crippen LogP contribution in [0, 0.1) is 0 Å². The van der Waals surface area contributed by atoms with E-state index in [1.54, 1.807) is 6.08 Å². The van der Waals surface area contributed by atoms with Crippen molar-refractivity contribution in [2.75, 3.05) is 6.54 Å². The van der Waals surface area contributed by atoms with Crippen molar-refractivity contribution in [1.82, 2.24) is 10.6 Å². The molecule has 284 valence electrons. The monoisotopic (exact) mass is 683 g/mol. The van der Waals surface area contributed by atoms with Crippen LogP contribution < -0.4 is 10.6 Å². The molecule has 0 heterocycles. The molecule has 48 heavy (non-hydrogen) atoms. The zero-order valence-corrected chi connectivity index (χ0v) is 31.1. The highest BCUT2D eigenvalue weighted by molar-refractivity contribution is 5.76. The first-order chi connectivity index (χ1) is 23.3. The summed E-state index contributed by atoms with van der Waals surface area (Å²) in [4.78, 5) is 12.7. The molecule has 8 nitrogen and oxygen atoms in total.